The SMILES string of the molecule is O[C@H](CNC(c1cccc(Oc2cccc(OC(F)(F)F)c2)c1)c1cc(C(F)(F)F)ccc1F)C(F)(F)F. The van der Waals surface area contributed by atoms with Gasteiger partial charge in [-0.05, 0) is 48.0 Å². The lowest BCUT2D eigenvalue weighted by Gasteiger charge is -2.24. The van der Waals surface area contributed by atoms with Gasteiger partial charge in [-0.15, -0.1) is 13.2 Å². The molecule has 0 fully saturated rings. The summed E-state index contributed by atoms with van der Waals surface area (Å²) in [5, 5.41) is 11.6. The van der Waals surface area contributed by atoms with Gasteiger partial charge < -0.3 is 19.9 Å². The van der Waals surface area contributed by atoms with Crippen molar-refractivity contribution in [1.82, 2.24) is 5.32 Å². The number of rotatable bonds is 8. The third kappa shape index (κ3) is 7.99. The first kappa shape index (κ1) is 29.0. The van der Waals surface area contributed by atoms with E-state index in [9.17, 15) is 49.0 Å². The monoisotopic (exact) mass is 557 g/mol. The summed E-state index contributed by atoms with van der Waals surface area (Å²) >= 11 is 0. The predicted molar refractivity (Wildman–Crippen MR) is 113 cm³/mol. The van der Waals surface area contributed by atoms with Crippen LogP contribution in [0.5, 0.6) is 17.2 Å². The molecule has 0 bridgehead atoms. The fourth-order valence-electron chi connectivity index (χ4n) is 3.32. The maximum Gasteiger partial charge on any atom is 0.573 e. The Bertz CT molecular complexity index is 1240. The summed E-state index contributed by atoms with van der Waals surface area (Å²) < 4.78 is 140. The van der Waals surface area contributed by atoms with E-state index in [1.807, 2.05) is 0 Å². The molecule has 3 rings (SSSR count). The Morgan fingerprint density at radius 3 is 1.97 bits per heavy atom. The molecule has 0 amide bonds. The van der Waals surface area contributed by atoms with Crippen molar-refractivity contribution in [1.29, 1.82) is 0 Å². The number of hydrogen-bond donors (Lipinski definition) is 2. The van der Waals surface area contributed by atoms with Gasteiger partial charge in [0.25, 0.3) is 0 Å². The second-order valence-corrected chi connectivity index (χ2v) is 7.83. The molecular weight excluding hydrogens is 540 g/mol. The Balaban J connectivity index is 1.98. The van der Waals surface area contributed by atoms with Crippen molar-refractivity contribution < 1.29 is 58.5 Å². The molecule has 0 aliphatic rings. The summed E-state index contributed by atoms with van der Waals surface area (Å²) in [6, 6.07) is 9.03. The van der Waals surface area contributed by atoms with Gasteiger partial charge in [-0.1, -0.05) is 18.2 Å². The molecule has 0 aromatic heterocycles. The second kappa shape index (κ2) is 11.1. The second-order valence-electron chi connectivity index (χ2n) is 7.83. The fourth-order valence-corrected chi connectivity index (χ4v) is 3.32. The normalized spacial score (nSPS) is 14.2. The zero-order chi connectivity index (χ0) is 28.3. The zero-order valence-electron chi connectivity index (χ0n) is 18.8. The maximum absolute atomic E-state index is 14.6. The lowest BCUT2D eigenvalue weighted by molar-refractivity contribution is -0.274. The molecule has 4 nitrogen and oxygen atoms in total. The Morgan fingerprint density at radius 2 is 1.37 bits per heavy atom. The highest BCUT2D eigenvalue weighted by atomic mass is 19.4. The van der Waals surface area contributed by atoms with Crippen molar-refractivity contribution in [3.05, 3.63) is 89.2 Å². The van der Waals surface area contributed by atoms with Gasteiger partial charge in [-0.2, -0.15) is 26.3 Å². The highest BCUT2D eigenvalue weighted by molar-refractivity contribution is 5.42. The molecule has 0 heterocycles. The topological polar surface area (TPSA) is 50.7 Å². The van der Waals surface area contributed by atoms with Gasteiger partial charge >= 0.3 is 18.7 Å². The zero-order valence-corrected chi connectivity index (χ0v) is 18.8. The summed E-state index contributed by atoms with van der Waals surface area (Å²) in [5.41, 5.74) is -2.02. The molecule has 2 atom stereocenters. The lowest BCUT2D eigenvalue weighted by atomic mass is 9.95. The maximum atomic E-state index is 14.6. The smallest absolute Gasteiger partial charge is 0.457 e. The number of alkyl halides is 9. The van der Waals surface area contributed by atoms with E-state index in [2.05, 4.69) is 10.1 Å². The van der Waals surface area contributed by atoms with Crippen LogP contribution in [0.15, 0.2) is 66.7 Å². The van der Waals surface area contributed by atoms with Crippen LogP contribution in [-0.2, 0) is 6.18 Å². The molecule has 1 unspecified atom stereocenters. The molecule has 3 aromatic rings. The number of hydrogen-bond acceptors (Lipinski definition) is 4. The van der Waals surface area contributed by atoms with E-state index in [4.69, 9.17) is 4.74 Å². The third-order valence-electron chi connectivity index (χ3n) is 4.99. The number of benzene rings is 3. The summed E-state index contributed by atoms with van der Waals surface area (Å²) in [6.07, 6.45) is -17.9. The average Bonchev–Trinajstić information content (AvgIpc) is 2.78. The molecule has 0 spiro atoms. The van der Waals surface area contributed by atoms with Crippen molar-refractivity contribution in [2.24, 2.45) is 0 Å². The van der Waals surface area contributed by atoms with Crippen LogP contribution < -0.4 is 14.8 Å². The molecule has 0 aliphatic carbocycles. The fraction of sp³-hybridized carbons (Fsp3) is 0.250. The van der Waals surface area contributed by atoms with Gasteiger partial charge in [0.15, 0.2) is 6.10 Å². The van der Waals surface area contributed by atoms with Gasteiger partial charge in [0.1, 0.15) is 23.1 Å². The third-order valence-corrected chi connectivity index (χ3v) is 4.99. The van der Waals surface area contributed by atoms with Crippen LogP contribution >= 0.6 is 0 Å². The standard InChI is InChI=1S/C24H17F10NO3/c25-19-8-7-14(22(26,27)28)10-18(19)21(35-12-20(36)23(29,30)31)13-3-1-4-15(9-13)37-16-5-2-6-17(11-16)38-24(32,33)34/h1-11,20-21,35-36H,12H2/t20-,21?/m1/s1. The average molecular weight is 557 g/mol. The molecular formula is C24H17F10NO3. The largest absolute Gasteiger partial charge is 0.573 e. The number of aliphatic hydroxyl groups excluding tert-OH is 1. The van der Waals surface area contributed by atoms with E-state index in [0.717, 1.165) is 18.2 Å². The molecule has 0 radical (unpaired) electrons. The number of halogens is 10. The van der Waals surface area contributed by atoms with Crippen molar-refractivity contribution in [3.63, 3.8) is 0 Å². The Hall–Kier alpha value is -3.52. The molecule has 3 aromatic carbocycles. The van der Waals surface area contributed by atoms with Crippen molar-refractivity contribution in [2.45, 2.75) is 30.9 Å². The first-order chi connectivity index (χ1) is 17.5. The summed E-state index contributed by atoms with van der Waals surface area (Å²) in [7, 11) is 0. The molecule has 206 valence electrons. The van der Waals surface area contributed by atoms with Crippen LogP contribution in [0.1, 0.15) is 22.7 Å². The Labute approximate surface area is 208 Å². The van der Waals surface area contributed by atoms with Crippen molar-refractivity contribution in [3.8, 4) is 17.2 Å². The minimum Gasteiger partial charge on any atom is -0.457 e. The van der Waals surface area contributed by atoms with Crippen LogP contribution in [0, 0.1) is 5.82 Å². The van der Waals surface area contributed by atoms with Gasteiger partial charge in [-0.3, -0.25) is 0 Å². The molecule has 0 saturated carbocycles. The van der Waals surface area contributed by atoms with Crippen LogP contribution in [0.4, 0.5) is 43.9 Å². The number of ether oxygens (including phenoxy) is 2. The van der Waals surface area contributed by atoms with E-state index < -0.39 is 60.1 Å². The van der Waals surface area contributed by atoms with Gasteiger partial charge in [0, 0.05) is 18.2 Å². The Kier molecular flexibility index (Phi) is 8.46. The van der Waals surface area contributed by atoms with Gasteiger partial charge in [0.05, 0.1) is 11.6 Å². The van der Waals surface area contributed by atoms with Crippen LogP contribution in [-0.4, -0.2) is 30.3 Å². The number of aliphatic hydroxyl groups is 1. The molecule has 0 saturated heterocycles. The first-order valence-electron chi connectivity index (χ1n) is 10.5. The van der Waals surface area contributed by atoms with Crippen molar-refractivity contribution in [2.75, 3.05) is 6.54 Å². The predicted octanol–water partition coefficient (Wildman–Crippen LogP) is 7.14. The quantitative estimate of drug-likeness (QED) is 0.289. The van der Waals surface area contributed by atoms with Crippen LogP contribution in [0.3, 0.4) is 0 Å². The van der Waals surface area contributed by atoms with E-state index in [-0.39, 0.29) is 17.1 Å². The van der Waals surface area contributed by atoms with E-state index in [1.165, 1.54) is 30.3 Å². The first-order valence-corrected chi connectivity index (χ1v) is 10.5. The summed E-state index contributed by atoms with van der Waals surface area (Å²) in [5.74, 6) is -2.04. The van der Waals surface area contributed by atoms with Crippen LogP contribution in [0.25, 0.3) is 0 Å². The highest BCUT2D eigenvalue weighted by Gasteiger charge is 2.39. The summed E-state index contributed by atoms with van der Waals surface area (Å²) in [4.78, 5) is 0. The summed E-state index contributed by atoms with van der Waals surface area (Å²) in [6.45, 7) is -1.20. The molecule has 14 heteroatoms. The lowest BCUT2D eigenvalue weighted by Crippen LogP contribution is -2.40. The van der Waals surface area contributed by atoms with E-state index >= 15 is 0 Å². The minimum absolute atomic E-state index is 0.0715. The molecule has 38 heavy (non-hydrogen) atoms. The molecule has 0 aliphatic heterocycles. The van der Waals surface area contributed by atoms with Gasteiger partial charge in [0.2, 0.25) is 0 Å². The van der Waals surface area contributed by atoms with E-state index in [0.29, 0.717) is 18.2 Å². The van der Waals surface area contributed by atoms with Gasteiger partial charge in [-0.25, -0.2) is 4.39 Å². The molecule has 2 N–H and O–H groups in total. The van der Waals surface area contributed by atoms with E-state index in [1.54, 1.807) is 0 Å². The van der Waals surface area contributed by atoms with Crippen LogP contribution in [0.2, 0.25) is 0 Å². The van der Waals surface area contributed by atoms with Crippen molar-refractivity contribution >= 4 is 0 Å². The number of nitrogens with one attached hydrogen (secondary N) is 1. The highest BCUT2D eigenvalue weighted by Crippen LogP contribution is 2.35. The minimum atomic E-state index is -5.07. The Morgan fingerprint density at radius 1 is 0.763 bits per heavy atom.